The Balaban J connectivity index is 1.76. The quantitative estimate of drug-likeness (QED) is 0.810. The van der Waals surface area contributed by atoms with Gasteiger partial charge in [0, 0.05) is 5.69 Å². The first-order chi connectivity index (χ1) is 11.3. The zero-order valence-corrected chi connectivity index (χ0v) is 14.3. The Morgan fingerprint density at radius 2 is 1.79 bits per heavy atom. The molecule has 24 heavy (non-hydrogen) atoms. The molecule has 0 radical (unpaired) electrons. The smallest absolute Gasteiger partial charge is 0.276 e. The zero-order valence-electron chi connectivity index (χ0n) is 14.3. The average Bonchev–Trinajstić information content (AvgIpc) is 2.82. The predicted octanol–water partition coefficient (Wildman–Crippen LogP) is 1.34. The molecule has 0 fully saturated rings. The van der Waals surface area contributed by atoms with Crippen LogP contribution in [0.15, 0.2) is 24.3 Å². The first-order valence-electron chi connectivity index (χ1n) is 7.64. The van der Waals surface area contributed by atoms with Gasteiger partial charge in [0.1, 0.15) is 12.3 Å². The van der Waals surface area contributed by atoms with Crippen LogP contribution in [-0.4, -0.2) is 28.2 Å². The first kappa shape index (κ1) is 17.5. The first-order valence-corrected chi connectivity index (χ1v) is 7.64. The van der Waals surface area contributed by atoms with Crippen LogP contribution in [0.5, 0.6) is 5.75 Å². The molecule has 7 heteroatoms. The van der Waals surface area contributed by atoms with Crippen LogP contribution >= 0.6 is 0 Å². The van der Waals surface area contributed by atoms with Gasteiger partial charge in [-0.3, -0.25) is 25.1 Å². The molecule has 0 atom stereocenters. The predicted molar refractivity (Wildman–Crippen MR) is 89.4 cm³/mol. The van der Waals surface area contributed by atoms with Gasteiger partial charge in [-0.05, 0) is 45.4 Å². The van der Waals surface area contributed by atoms with Crippen LogP contribution in [-0.2, 0) is 16.1 Å². The highest BCUT2D eigenvalue weighted by Gasteiger charge is 2.09. The van der Waals surface area contributed by atoms with Gasteiger partial charge in [0.25, 0.3) is 11.8 Å². The molecule has 1 aromatic heterocycles. The van der Waals surface area contributed by atoms with Gasteiger partial charge in [-0.2, -0.15) is 5.10 Å². The van der Waals surface area contributed by atoms with Crippen LogP contribution in [0.3, 0.4) is 0 Å². The lowest BCUT2D eigenvalue weighted by Gasteiger charge is -2.11. The molecule has 2 amide bonds. The number of amides is 2. The van der Waals surface area contributed by atoms with E-state index in [9.17, 15) is 9.59 Å². The average molecular weight is 330 g/mol. The van der Waals surface area contributed by atoms with Crippen molar-refractivity contribution in [2.45, 2.75) is 34.2 Å². The summed E-state index contributed by atoms with van der Waals surface area (Å²) < 4.78 is 7.02. The summed E-state index contributed by atoms with van der Waals surface area (Å²) in [5.41, 5.74) is 8.47. The van der Waals surface area contributed by atoms with E-state index in [0.717, 1.165) is 22.5 Å². The second kappa shape index (κ2) is 7.63. The molecule has 0 aliphatic carbocycles. The van der Waals surface area contributed by atoms with Gasteiger partial charge in [-0.1, -0.05) is 17.7 Å². The highest BCUT2D eigenvalue weighted by atomic mass is 16.5. The van der Waals surface area contributed by atoms with E-state index in [1.807, 2.05) is 52.0 Å². The molecular weight excluding hydrogens is 308 g/mol. The number of hydrogen-bond donors (Lipinski definition) is 2. The fourth-order valence-electron chi connectivity index (χ4n) is 2.29. The lowest BCUT2D eigenvalue weighted by molar-refractivity contribution is -0.130. The highest BCUT2D eigenvalue weighted by Crippen LogP contribution is 2.18. The van der Waals surface area contributed by atoms with Crippen LogP contribution in [0, 0.1) is 27.7 Å². The molecule has 0 saturated heterocycles. The number of carbonyl (C=O) groups is 2. The summed E-state index contributed by atoms with van der Waals surface area (Å²) in [5, 5.41) is 4.19. The van der Waals surface area contributed by atoms with Crippen molar-refractivity contribution in [3.63, 3.8) is 0 Å². The minimum absolute atomic E-state index is 0.0396. The SMILES string of the molecule is Cc1ccc(OCC(=O)NNC(=O)Cn2nc(C)cc2C)c(C)c1. The molecule has 7 nitrogen and oxygen atoms in total. The van der Waals surface area contributed by atoms with Crippen LogP contribution in [0.25, 0.3) is 0 Å². The number of nitrogens with zero attached hydrogens (tertiary/aromatic N) is 2. The second-order valence-electron chi connectivity index (χ2n) is 5.74. The van der Waals surface area contributed by atoms with Crippen LogP contribution < -0.4 is 15.6 Å². The van der Waals surface area contributed by atoms with Crippen molar-refractivity contribution < 1.29 is 14.3 Å². The summed E-state index contributed by atoms with van der Waals surface area (Å²) in [4.78, 5) is 23.6. The molecule has 2 rings (SSSR count). The van der Waals surface area contributed by atoms with Gasteiger partial charge >= 0.3 is 0 Å². The normalized spacial score (nSPS) is 10.3. The summed E-state index contributed by atoms with van der Waals surface area (Å²) in [6.07, 6.45) is 0. The second-order valence-corrected chi connectivity index (χ2v) is 5.74. The van der Waals surface area contributed by atoms with Crippen molar-refractivity contribution in [1.29, 1.82) is 0 Å². The number of benzene rings is 1. The van der Waals surface area contributed by atoms with Crippen LogP contribution in [0.2, 0.25) is 0 Å². The summed E-state index contributed by atoms with van der Waals surface area (Å²) in [7, 11) is 0. The van der Waals surface area contributed by atoms with E-state index in [1.54, 1.807) is 4.68 Å². The minimum atomic E-state index is -0.434. The maximum atomic E-state index is 11.8. The molecule has 2 aromatic rings. The summed E-state index contributed by atoms with van der Waals surface area (Å²) >= 11 is 0. The zero-order chi connectivity index (χ0) is 17.7. The number of aryl methyl sites for hydroxylation is 4. The van der Waals surface area contributed by atoms with Crippen molar-refractivity contribution in [3.8, 4) is 5.75 Å². The highest BCUT2D eigenvalue weighted by molar-refractivity contribution is 5.82. The van der Waals surface area contributed by atoms with E-state index >= 15 is 0 Å². The van der Waals surface area contributed by atoms with Crippen molar-refractivity contribution >= 4 is 11.8 Å². The fraction of sp³-hybridized carbons (Fsp3) is 0.353. The van der Waals surface area contributed by atoms with E-state index in [2.05, 4.69) is 16.0 Å². The third-order valence-electron chi connectivity index (χ3n) is 3.43. The number of nitrogens with one attached hydrogen (secondary N) is 2. The number of rotatable bonds is 5. The summed E-state index contributed by atoms with van der Waals surface area (Å²) in [6.45, 7) is 7.48. The van der Waals surface area contributed by atoms with Gasteiger partial charge in [-0.15, -0.1) is 0 Å². The number of carbonyl (C=O) groups excluding carboxylic acids is 2. The van der Waals surface area contributed by atoms with Crippen molar-refractivity contribution in [3.05, 3.63) is 46.8 Å². The lowest BCUT2D eigenvalue weighted by Crippen LogP contribution is -2.45. The number of ether oxygens (including phenoxy) is 1. The standard InChI is InChI=1S/C17H22N4O3/c1-11-5-6-15(12(2)7-11)24-10-17(23)19-18-16(22)9-21-14(4)8-13(3)20-21/h5-8H,9-10H2,1-4H3,(H,18,22)(H,19,23). The van der Waals surface area contributed by atoms with Crippen molar-refractivity contribution in [1.82, 2.24) is 20.6 Å². The molecule has 1 heterocycles. The molecule has 128 valence electrons. The minimum Gasteiger partial charge on any atom is -0.483 e. The maximum absolute atomic E-state index is 11.8. The van der Waals surface area contributed by atoms with E-state index in [1.165, 1.54) is 0 Å². The number of hydrazine groups is 1. The topological polar surface area (TPSA) is 85.3 Å². The molecule has 0 spiro atoms. The summed E-state index contributed by atoms with van der Waals surface area (Å²) in [6, 6.07) is 7.59. The van der Waals surface area contributed by atoms with Gasteiger partial charge in [0.2, 0.25) is 0 Å². The Labute approximate surface area is 141 Å². The van der Waals surface area contributed by atoms with E-state index in [4.69, 9.17) is 4.74 Å². The monoisotopic (exact) mass is 330 g/mol. The molecule has 0 unspecified atom stereocenters. The number of aromatic nitrogens is 2. The Morgan fingerprint density at radius 1 is 1.08 bits per heavy atom. The van der Waals surface area contributed by atoms with Gasteiger partial charge in [-0.25, -0.2) is 0 Å². The molecule has 0 saturated carbocycles. The molecule has 2 N–H and O–H groups in total. The molecule has 0 aliphatic heterocycles. The van der Waals surface area contributed by atoms with Crippen LogP contribution in [0.1, 0.15) is 22.5 Å². The van der Waals surface area contributed by atoms with Gasteiger partial charge < -0.3 is 4.74 Å². The van der Waals surface area contributed by atoms with Gasteiger partial charge in [0.15, 0.2) is 6.61 Å². The molecule has 0 bridgehead atoms. The summed E-state index contributed by atoms with van der Waals surface area (Å²) in [5.74, 6) is -0.150. The molecule has 0 aliphatic rings. The third kappa shape index (κ3) is 4.84. The van der Waals surface area contributed by atoms with E-state index in [0.29, 0.717) is 5.75 Å². The Morgan fingerprint density at radius 3 is 2.42 bits per heavy atom. The fourth-order valence-corrected chi connectivity index (χ4v) is 2.29. The van der Waals surface area contributed by atoms with E-state index < -0.39 is 5.91 Å². The van der Waals surface area contributed by atoms with Crippen molar-refractivity contribution in [2.75, 3.05) is 6.61 Å². The Hall–Kier alpha value is -2.83. The van der Waals surface area contributed by atoms with Gasteiger partial charge in [0.05, 0.1) is 5.69 Å². The third-order valence-corrected chi connectivity index (χ3v) is 3.43. The molecular formula is C17H22N4O3. The number of hydrogen-bond acceptors (Lipinski definition) is 4. The molecule has 1 aromatic carbocycles. The lowest BCUT2D eigenvalue weighted by atomic mass is 10.1. The Kier molecular flexibility index (Phi) is 5.57. The largest absolute Gasteiger partial charge is 0.483 e. The van der Waals surface area contributed by atoms with Crippen molar-refractivity contribution in [2.24, 2.45) is 0 Å². The van der Waals surface area contributed by atoms with E-state index in [-0.39, 0.29) is 19.1 Å². The maximum Gasteiger partial charge on any atom is 0.276 e. The van der Waals surface area contributed by atoms with Crippen LogP contribution in [0.4, 0.5) is 0 Å². The Bertz CT molecular complexity index is 752.